The predicted octanol–water partition coefficient (Wildman–Crippen LogP) is 5.21. The molecule has 0 radical (unpaired) electrons. The van der Waals surface area contributed by atoms with E-state index >= 15 is 0 Å². The zero-order valence-electron chi connectivity index (χ0n) is 23.0. The Kier molecular flexibility index (Phi) is 7.93. The molecule has 7 heteroatoms. The number of fused-ring (bicyclic) bond motifs is 1. The summed E-state index contributed by atoms with van der Waals surface area (Å²) >= 11 is 0. The third-order valence-corrected chi connectivity index (χ3v) is 7.97. The van der Waals surface area contributed by atoms with Gasteiger partial charge in [-0.1, -0.05) is 42.5 Å². The molecule has 0 saturated carbocycles. The summed E-state index contributed by atoms with van der Waals surface area (Å²) < 4.78 is 12.5. The molecule has 0 bridgehead atoms. The molecule has 1 saturated heterocycles. The van der Waals surface area contributed by atoms with Crippen LogP contribution in [0.4, 0.5) is 0 Å². The second kappa shape index (κ2) is 12.1. The molecule has 0 aliphatic carbocycles. The third-order valence-electron chi connectivity index (χ3n) is 7.97. The monoisotopic (exact) mass is 536 g/mol. The number of methoxy groups -OCH3 is 1. The number of pyridine rings is 1. The summed E-state index contributed by atoms with van der Waals surface area (Å²) in [5, 5.41) is 1.20. The molecular formula is C33H36N4O3. The van der Waals surface area contributed by atoms with Crippen molar-refractivity contribution in [1.29, 1.82) is 0 Å². The molecular weight excluding hydrogens is 500 g/mol. The van der Waals surface area contributed by atoms with Crippen LogP contribution in [-0.4, -0.2) is 65.3 Å². The zero-order chi connectivity index (χ0) is 27.3. The average Bonchev–Trinajstić information content (AvgIpc) is 3.41. The molecule has 0 spiro atoms. The summed E-state index contributed by atoms with van der Waals surface area (Å²) in [6, 6.07) is 20.9. The lowest BCUT2D eigenvalue weighted by Crippen LogP contribution is -2.35. The molecule has 1 fully saturated rings. The van der Waals surface area contributed by atoms with Gasteiger partial charge >= 0.3 is 5.97 Å². The maximum atomic E-state index is 11.7. The van der Waals surface area contributed by atoms with Gasteiger partial charge in [0, 0.05) is 63.0 Å². The van der Waals surface area contributed by atoms with Gasteiger partial charge in [-0.25, -0.2) is 9.78 Å². The van der Waals surface area contributed by atoms with Gasteiger partial charge < -0.3 is 18.9 Å². The van der Waals surface area contributed by atoms with E-state index in [1.54, 1.807) is 0 Å². The molecule has 1 unspecified atom stereocenters. The van der Waals surface area contributed by atoms with Gasteiger partial charge in [0.25, 0.3) is 0 Å². The Bertz CT molecular complexity index is 1490. The molecule has 6 rings (SSSR count). The predicted molar refractivity (Wildman–Crippen MR) is 156 cm³/mol. The first-order chi connectivity index (χ1) is 19.7. The third kappa shape index (κ3) is 5.96. The smallest absolute Gasteiger partial charge is 0.337 e. The van der Waals surface area contributed by atoms with Crippen LogP contribution in [0, 0.1) is 0 Å². The van der Waals surface area contributed by atoms with Crippen LogP contribution in [0.15, 0.2) is 85.3 Å². The number of nitrogens with zero attached hydrogens (tertiary/aromatic N) is 4. The van der Waals surface area contributed by atoms with E-state index in [2.05, 4.69) is 69.2 Å². The van der Waals surface area contributed by atoms with Gasteiger partial charge in [-0.3, -0.25) is 4.90 Å². The highest BCUT2D eigenvalue weighted by Crippen LogP contribution is 2.32. The van der Waals surface area contributed by atoms with Gasteiger partial charge in [-0.2, -0.15) is 0 Å². The summed E-state index contributed by atoms with van der Waals surface area (Å²) in [5.41, 5.74) is 6.72. The van der Waals surface area contributed by atoms with E-state index < -0.39 is 0 Å². The Morgan fingerprint density at radius 2 is 1.75 bits per heavy atom. The van der Waals surface area contributed by atoms with Crippen molar-refractivity contribution < 1.29 is 14.3 Å². The normalized spacial score (nSPS) is 17.8. The van der Waals surface area contributed by atoms with Crippen molar-refractivity contribution in [2.75, 3.05) is 40.0 Å². The summed E-state index contributed by atoms with van der Waals surface area (Å²) in [6.07, 6.45) is 9.73. The van der Waals surface area contributed by atoms with Gasteiger partial charge in [-0.05, 0) is 59.1 Å². The van der Waals surface area contributed by atoms with E-state index in [1.165, 1.54) is 29.2 Å². The minimum atomic E-state index is -0.319. The van der Waals surface area contributed by atoms with Crippen LogP contribution in [0.25, 0.3) is 11.0 Å². The van der Waals surface area contributed by atoms with E-state index in [9.17, 15) is 4.79 Å². The first-order valence-corrected chi connectivity index (χ1v) is 14.1. The minimum absolute atomic E-state index is 0.319. The maximum absolute atomic E-state index is 11.7. The molecule has 2 aromatic heterocycles. The number of esters is 1. The van der Waals surface area contributed by atoms with E-state index in [1.807, 2.05) is 30.5 Å². The standard InChI is InChI=1S/C33H36N4O3/c1-39-33(38)29-7-5-25(6-8-29)24-37-16-12-31-30(9-13-34-32(31)37)28-10-14-35(15-11-28)22-26-3-2-4-27(21-26)23-36-17-19-40-20-18-36/h2-10,12-14,16,21,28H,11,15,17-20,22-24H2,1H3. The Labute approximate surface area is 235 Å². The quantitative estimate of drug-likeness (QED) is 0.288. The molecule has 0 N–H and O–H groups in total. The van der Waals surface area contributed by atoms with Crippen molar-refractivity contribution in [2.24, 2.45) is 0 Å². The van der Waals surface area contributed by atoms with Crippen molar-refractivity contribution in [3.05, 3.63) is 113 Å². The van der Waals surface area contributed by atoms with Crippen LogP contribution in [0.5, 0.6) is 0 Å². The Morgan fingerprint density at radius 3 is 2.50 bits per heavy atom. The van der Waals surface area contributed by atoms with E-state index in [0.29, 0.717) is 18.0 Å². The van der Waals surface area contributed by atoms with E-state index in [-0.39, 0.29) is 5.97 Å². The lowest BCUT2D eigenvalue weighted by atomic mass is 9.92. The summed E-state index contributed by atoms with van der Waals surface area (Å²) in [5.74, 6) is 0.0465. The fourth-order valence-corrected chi connectivity index (χ4v) is 5.79. The Morgan fingerprint density at radius 1 is 0.950 bits per heavy atom. The van der Waals surface area contributed by atoms with Crippen LogP contribution in [-0.2, 0) is 29.1 Å². The number of benzene rings is 2. The fourth-order valence-electron chi connectivity index (χ4n) is 5.79. The number of morpholine rings is 1. The van der Waals surface area contributed by atoms with Crippen LogP contribution in [0.3, 0.4) is 0 Å². The number of carbonyl (C=O) groups excluding carboxylic acids is 1. The van der Waals surface area contributed by atoms with Gasteiger partial charge in [0.2, 0.25) is 0 Å². The average molecular weight is 537 g/mol. The molecule has 7 nitrogen and oxygen atoms in total. The van der Waals surface area contributed by atoms with Crippen molar-refractivity contribution in [2.45, 2.75) is 32.0 Å². The number of rotatable bonds is 8. The molecule has 0 amide bonds. The number of carbonyl (C=O) groups is 1. The fraction of sp³-hybridized carbons (Fsp3) is 0.333. The lowest BCUT2D eigenvalue weighted by molar-refractivity contribution is 0.0342. The van der Waals surface area contributed by atoms with Crippen LogP contribution in [0.1, 0.15) is 45.0 Å². The largest absolute Gasteiger partial charge is 0.465 e. The first kappa shape index (κ1) is 26.3. The highest BCUT2D eigenvalue weighted by atomic mass is 16.5. The second-order valence-corrected chi connectivity index (χ2v) is 10.7. The first-order valence-electron chi connectivity index (χ1n) is 14.1. The molecule has 2 aromatic carbocycles. The Hall–Kier alpha value is -3.94. The highest BCUT2D eigenvalue weighted by Gasteiger charge is 2.19. The van der Waals surface area contributed by atoms with Crippen molar-refractivity contribution in [3.8, 4) is 0 Å². The number of ether oxygens (including phenoxy) is 2. The number of allylic oxidation sites excluding steroid dienone is 1. The van der Waals surface area contributed by atoms with Gasteiger partial charge in [0.1, 0.15) is 5.65 Å². The highest BCUT2D eigenvalue weighted by molar-refractivity contribution is 5.89. The van der Waals surface area contributed by atoms with E-state index in [4.69, 9.17) is 14.5 Å². The molecule has 40 heavy (non-hydrogen) atoms. The molecule has 206 valence electrons. The molecule has 4 heterocycles. The summed E-state index contributed by atoms with van der Waals surface area (Å²) in [6.45, 7) is 7.32. The zero-order valence-corrected chi connectivity index (χ0v) is 23.0. The van der Waals surface area contributed by atoms with Gasteiger partial charge in [0.05, 0.1) is 25.9 Å². The van der Waals surface area contributed by atoms with Gasteiger partial charge in [0.15, 0.2) is 0 Å². The maximum Gasteiger partial charge on any atom is 0.337 e. The van der Waals surface area contributed by atoms with E-state index in [0.717, 1.165) is 63.6 Å². The number of hydrogen-bond acceptors (Lipinski definition) is 6. The molecule has 4 aromatic rings. The molecule has 1 atom stereocenters. The van der Waals surface area contributed by atoms with Gasteiger partial charge in [-0.15, -0.1) is 0 Å². The SMILES string of the molecule is COC(=O)c1ccc(Cn2ccc3c(C4C=CN(Cc5cccc(CN6CCOCC6)c5)CC4)ccnc32)cc1. The van der Waals surface area contributed by atoms with Crippen molar-refractivity contribution in [3.63, 3.8) is 0 Å². The van der Waals surface area contributed by atoms with Crippen LogP contribution < -0.4 is 0 Å². The second-order valence-electron chi connectivity index (χ2n) is 10.7. The summed E-state index contributed by atoms with van der Waals surface area (Å²) in [4.78, 5) is 21.4. The van der Waals surface area contributed by atoms with Crippen LogP contribution in [0.2, 0.25) is 0 Å². The molecule has 2 aliphatic heterocycles. The Balaban J connectivity index is 1.11. The number of aromatic nitrogens is 2. The minimum Gasteiger partial charge on any atom is -0.465 e. The summed E-state index contributed by atoms with van der Waals surface area (Å²) in [7, 11) is 1.40. The number of hydrogen-bond donors (Lipinski definition) is 0. The van der Waals surface area contributed by atoms with Crippen molar-refractivity contribution >= 4 is 17.0 Å². The van der Waals surface area contributed by atoms with Crippen molar-refractivity contribution in [1.82, 2.24) is 19.4 Å². The topological polar surface area (TPSA) is 59.8 Å². The van der Waals surface area contributed by atoms with Crippen LogP contribution >= 0.6 is 0 Å². The molecule has 2 aliphatic rings. The lowest BCUT2D eigenvalue weighted by Gasteiger charge is -2.29.